The fraction of sp³-hybridized carbons (Fsp3) is 0.680. The summed E-state index contributed by atoms with van der Waals surface area (Å²) in [4.78, 5) is 14.9. The minimum atomic E-state index is -3.24. The maximum Gasteiger partial charge on any atom is 0.231 e. The molecule has 4 heterocycles. The number of nitrogens with zero attached hydrogens (tertiary/aromatic N) is 7. The van der Waals surface area contributed by atoms with Gasteiger partial charge >= 0.3 is 0 Å². The van der Waals surface area contributed by atoms with E-state index in [9.17, 15) is 13.5 Å². The number of rotatable bonds is 11. The molecule has 0 saturated carbocycles. The van der Waals surface area contributed by atoms with Crippen LogP contribution in [0, 0.1) is 6.57 Å². The quantitative estimate of drug-likeness (QED) is 0.336. The van der Waals surface area contributed by atoms with E-state index in [0.717, 1.165) is 26.1 Å². The molecule has 37 heavy (non-hydrogen) atoms. The van der Waals surface area contributed by atoms with E-state index in [4.69, 9.17) is 6.57 Å². The molecular weight excluding hydrogens is 492 g/mol. The molecule has 2 aliphatic heterocycles. The molecule has 11 nitrogen and oxygen atoms in total. The van der Waals surface area contributed by atoms with Gasteiger partial charge < -0.3 is 15.3 Å². The molecule has 2 N–H and O–H groups in total. The molecule has 0 radical (unpaired) electrons. The lowest BCUT2D eigenvalue weighted by atomic mass is 10.1. The molecule has 0 aliphatic carbocycles. The molecule has 0 amide bonds. The number of piperidine rings is 1. The molecule has 202 valence electrons. The first-order chi connectivity index (χ1) is 17.6. The maximum atomic E-state index is 12.8. The van der Waals surface area contributed by atoms with E-state index in [1.165, 1.54) is 19.0 Å². The van der Waals surface area contributed by atoms with Gasteiger partial charge in [0, 0.05) is 37.1 Å². The molecule has 0 spiro atoms. The highest BCUT2D eigenvalue weighted by molar-refractivity contribution is 7.89. The summed E-state index contributed by atoms with van der Waals surface area (Å²) in [7, 11) is -3.24. The summed E-state index contributed by atoms with van der Waals surface area (Å²) in [5, 5.41) is 17.7. The first-order valence-electron chi connectivity index (χ1n) is 13.1. The number of aliphatic hydroxyl groups is 1. The molecule has 0 aromatic carbocycles. The Bertz CT molecular complexity index is 1190. The monoisotopic (exact) mass is 530 g/mol. The molecular formula is C25H38N8O3S. The summed E-state index contributed by atoms with van der Waals surface area (Å²) in [6.45, 7) is 15.4. The van der Waals surface area contributed by atoms with Crippen molar-refractivity contribution in [2.75, 3.05) is 43.8 Å². The molecule has 2 aromatic rings. The Balaban J connectivity index is 1.30. The van der Waals surface area contributed by atoms with E-state index in [-0.39, 0.29) is 11.8 Å². The summed E-state index contributed by atoms with van der Waals surface area (Å²) in [6.07, 6.45) is 10.3. The van der Waals surface area contributed by atoms with E-state index < -0.39 is 15.6 Å². The molecule has 2 aromatic heterocycles. The van der Waals surface area contributed by atoms with Crippen molar-refractivity contribution in [3.63, 3.8) is 0 Å². The molecule has 2 aliphatic rings. The summed E-state index contributed by atoms with van der Waals surface area (Å²) >= 11 is 0. The van der Waals surface area contributed by atoms with E-state index in [1.54, 1.807) is 35.2 Å². The molecule has 12 heteroatoms. The van der Waals surface area contributed by atoms with Gasteiger partial charge in [-0.05, 0) is 72.0 Å². The highest BCUT2D eigenvalue weighted by Gasteiger charge is 2.28. The van der Waals surface area contributed by atoms with E-state index in [2.05, 4.69) is 30.1 Å². The Kier molecular flexibility index (Phi) is 8.79. The first-order valence-corrected chi connectivity index (χ1v) is 14.7. The van der Waals surface area contributed by atoms with Crippen LogP contribution < -0.4 is 5.32 Å². The lowest BCUT2D eigenvalue weighted by Gasteiger charge is -2.31. The van der Waals surface area contributed by atoms with Crippen LogP contribution in [0.5, 0.6) is 0 Å². The summed E-state index contributed by atoms with van der Waals surface area (Å²) in [5.41, 5.74) is 0.550. The SMILES string of the molecule is [C-]#[N+]c1cnc(NC2CCN(S(=O)(=O)CCCCN3CCCC3)CC2)nc1-c1cnn(CC(C)(C)O)c1. The number of aromatic nitrogens is 4. The van der Waals surface area contributed by atoms with Crippen LogP contribution in [0.3, 0.4) is 0 Å². The van der Waals surface area contributed by atoms with Crippen molar-refractivity contribution in [1.82, 2.24) is 29.0 Å². The molecule has 0 atom stereocenters. The van der Waals surface area contributed by atoms with Gasteiger partial charge in [-0.3, -0.25) is 4.68 Å². The summed E-state index contributed by atoms with van der Waals surface area (Å²) in [5.74, 6) is 0.617. The van der Waals surface area contributed by atoms with Gasteiger partial charge in [0.05, 0.1) is 36.4 Å². The second-order valence-electron chi connectivity index (χ2n) is 10.7. The van der Waals surface area contributed by atoms with E-state index in [0.29, 0.717) is 61.8 Å². The number of hydrogen-bond acceptors (Lipinski definition) is 8. The Morgan fingerprint density at radius 1 is 1.16 bits per heavy atom. The first kappa shape index (κ1) is 27.4. The van der Waals surface area contributed by atoms with Crippen LogP contribution in [0.4, 0.5) is 11.6 Å². The Morgan fingerprint density at radius 3 is 2.57 bits per heavy atom. The molecule has 2 fully saturated rings. The number of anilines is 1. The van der Waals surface area contributed by atoms with Gasteiger partial charge in [-0.15, -0.1) is 0 Å². The lowest BCUT2D eigenvalue weighted by Crippen LogP contribution is -2.43. The smallest absolute Gasteiger partial charge is 0.231 e. The van der Waals surface area contributed by atoms with E-state index in [1.807, 2.05) is 0 Å². The van der Waals surface area contributed by atoms with Gasteiger partial charge in [0.25, 0.3) is 0 Å². The minimum absolute atomic E-state index is 0.0474. The maximum absolute atomic E-state index is 12.8. The average Bonchev–Trinajstić information content (AvgIpc) is 3.53. The summed E-state index contributed by atoms with van der Waals surface area (Å²) in [6, 6.07) is 0.0474. The largest absolute Gasteiger partial charge is 0.389 e. The highest BCUT2D eigenvalue weighted by Crippen LogP contribution is 2.29. The average molecular weight is 531 g/mol. The van der Waals surface area contributed by atoms with Crippen LogP contribution in [0.25, 0.3) is 16.1 Å². The third kappa shape index (κ3) is 7.70. The van der Waals surface area contributed by atoms with Gasteiger partial charge in [0.2, 0.25) is 21.7 Å². The van der Waals surface area contributed by atoms with Crippen molar-refractivity contribution < 1.29 is 13.5 Å². The van der Waals surface area contributed by atoms with Crippen LogP contribution in [0.1, 0.15) is 52.4 Å². The van der Waals surface area contributed by atoms with Crippen molar-refractivity contribution in [1.29, 1.82) is 0 Å². The normalized spacial score (nSPS) is 18.2. The molecule has 2 saturated heterocycles. The van der Waals surface area contributed by atoms with Crippen LogP contribution in [0.2, 0.25) is 0 Å². The molecule has 4 rings (SSSR count). The fourth-order valence-electron chi connectivity index (χ4n) is 4.92. The lowest BCUT2D eigenvalue weighted by molar-refractivity contribution is 0.0577. The van der Waals surface area contributed by atoms with Gasteiger partial charge in [-0.25, -0.2) is 27.5 Å². The zero-order valence-corrected chi connectivity index (χ0v) is 22.6. The van der Waals surface area contributed by atoms with Crippen LogP contribution in [0.15, 0.2) is 18.6 Å². The Hall–Kier alpha value is -2.59. The summed E-state index contributed by atoms with van der Waals surface area (Å²) < 4.78 is 28.9. The highest BCUT2D eigenvalue weighted by atomic mass is 32.2. The van der Waals surface area contributed by atoms with Crippen LogP contribution in [-0.4, -0.2) is 92.6 Å². The van der Waals surface area contributed by atoms with Gasteiger partial charge in [0.1, 0.15) is 0 Å². The Morgan fingerprint density at radius 2 is 1.89 bits per heavy atom. The molecule has 0 bridgehead atoms. The van der Waals surface area contributed by atoms with E-state index >= 15 is 0 Å². The van der Waals surface area contributed by atoms with Crippen molar-refractivity contribution >= 4 is 21.7 Å². The number of unbranched alkanes of at least 4 members (excludes halogenated alkanes) is 1. The van der Waals surface area contributed by atoms with Gasteiger partial charge in [-0.2, -0.15) is 5.10 Å². The number of sulfonamides is 1. The second kappa shape index (κ2) is 11.9. The van der Waals surface area contributed by atoms with Crippen LogP contribution in [-0.2, 0) is 16.6 Å². The predicted molar refractivity (Wildman–Crippen MR) is 143 cm³/mol. The molecule has 0 unspecified atom stereocenters. The Labute approximate surface area is 219 Å². The minimum Gasteiger partial charge on any atom is -0.389 e. The van der Waals surface area contributed by atoms with Crippen molar-refractivity contribution in [2.24, 2.45) is 0 Å². The van der Waals surface area contributed by atoms with Crippen molar-refractivity contribution in [2.45, 2.75) is 70.6 Å². The number of nitrogens with one attached hydrogen (secondary N) is 1. The zero-order chi connectivity index (χ0) is 26.5. The zero-order valence-electron chi connectivity index (χ0n) is 21.8. The second-order valence-corrected chi connectivity index (χ2v) is 12.8. The van der Waals surface area contributed by atoms with Gasteiger partial charge in [-0.1, -0.05) is 0 Å². The topological polar surface area (TPSA) is 121 Å². The predicted octanol–water partition coefficient (Wildman–Crippen LogP) is 2.74. The number of hydrogen-bond donors (Lipinski definition) is 2. The van der Waals surface area contributed by atoms with Crippen molar-refractivity contribution in [3.8, 4) is 11.3 Å². The fourth-order valence-corrected chi connectivity index (χ4v) is 6.52. The number of likely N-dealkylation sites (tertiary alicyclic amines) is 1. The third-order valence-corrected chi connectivity index (χ3v) is 8.81. The third-order valence-electron chi connectivity index (χ3n) is 6.85. The standard InChI is InChI=1S/C25H38N8O3S/c1-25(2,34)19-32-18-20(16-28-32)23-22(26-3)17-27-24(30-23)29-21-8-13-33(14-9-21)37(35,36)15-7-6-12-31-10-4-5-11-31/h16-18,21,34H,4-15,19H2,1-2H3,(H,27,29,30). The van der Waals surface area contributed by atoms with Gasteiger partial charge in [0.15, 0.2) is 0 Å². The van der Waals surface area contributed by atoms with Crippen molar-refractivity contribution in [3.05, 3.63) is 30.0 Å². The van der Waals surface area contributed by atoms with Crippen LogP contribution >= 0.6 is 0 Å².